The van der Waals surface area contributed by atoms with Crippen LogP contribution in [-0.4, -0.2) is 16.3 Å². The predicted molar refractivity (Wildman–Crippen MR) is 81.9 cm³/mol. The number of nitrogens with one attached hydrogen (secondary N) is 1. The van der Waals surface area contributed by atoms with E-state index in [0.717, 1.165) is 29.2 Å². The Bertz CT molecular complexity index is 588. The second-order valence-corrected chi connectivity index (χ2v) is 4.98. The maximum absolute atomic E-state index is 4.50. The van der Waals surface area contributed by atoms with Crippen molar-refractivity contribution in [3.63, 3.8) is 0 Å². The monoisotopic (exact) mass is 255 g/mol. The Morgan fingerprint density at radius 3 is 2.42 bits per heavy atom. The van der Waals surface area contributed by atoms with Gasteiger partial charge in [-0.05, 0) is 56.5 Å². The molecule has 0 amide bonds. The summed E-state index contributed by atoms with van der Waals surface area (Å²) in [5, 5.41) is 7.88. The van der Waals surface area contributed by atoms with E-state index in [1.165, 1.54) is 11.1 Å². The smallest absolute Gasteiger partial charge is 0.137 e. The molecule has 0 saturated heterocycles. The van der Waals surface area contributed by atoms with Gasteiger partial charge in [-0.1, -0.05) is 12.6 Å². The fraction of sp³-hybridized carbons (Fsp3) is 0.312. The molecule has 1 N–H and O–H groups in total. The zero-order chi connectivity index (χ0) is 14.0. The first kappa shape index (κ1) is 13.4. The lowest BCUT2D eigenvalue weighted by molar-refractivity contribution is 0.876. The molecule has 0 unspecified atom stereocenters. The molecule has 0 fully saturated rings. The Kier molecular flexibility index (Phi) is 3.74. The fourth-order valence-electron chi connectivity index (χ4n) is 2.27. The summed E-state index contributed by atoms with van der Waals surface area (Å²) >= 11 is 0. The van der Waals surface area contributed by atoms with Crippen molar-refractivity contribution < 1.29 is 0 Å². The second kappa shape index (κ2) is 5.31. The standard InChI is InChI=1S/C16H21N3/c1-6-17-16-15(11(2)3)10-18-19(16)14-8-12(4)7-13(5)9-14/h7-10,17H,2,6H2,1,3-5H3. The molecule has 0 atom stereocenters. The SMILES string of the molecule is C=C(C)c1cnn(-c2cc(C)cc(C)c2)c1NCC. The molecular formula is C16H21N3. The molecule has 19 heavy (non-hydrogen) atoms. The molecule has 0 bridgehead atoms. The normalized spacial score (nSPS) is 10.5. The Morgan fingerprint density at radius 2 is 1.89 bits per heavy atom. The third kappa shape index (κ3) is 2.70. The highest BCUT2D eigenvalue weighted by molar-refractivity contribution is 5.72. The van der Waals surface area contributed by atoms with Gasteiger partial charge in [-0.25, -0.2) is 4.68 Å². The quantitative estimate of drug-likeness (QED) is 0.896. The lowest BCUT2D eigenvalue weighted by Crippen LogP contribution is -2.07. The van der Waals surface area contributed by atoms with Crippen LogP contribution in [0.4, 0.5) is 5.82 Å². The molecule has 0 radical (unpaired) electrons. The molecule has 0 aliphatic heterocycles. The van der Waals surface area contributed by atoms with Gasteiger partial charge in [-0.3, -0.25) is 0 Å². The van der Waals surface area contributed by atoms with Gasteiger partial charge < -0.3 is 5.32 Å². The van der Waals surface area contributed by atoms with E-state index in [2.05, 4.69) is 56.0 Å². The molecule has 0 aliphatic rings. The number of anilines is 1. The summed E-state index contributed by atoms with van der Waals surface area (Å²) in [4.78, 5) is 0. The Balaban J connectivity index is 2.58. The number of aromatic nitrogens is 2. The molecule has 0 saturated carbocycles. The Hall–Kier alpha value is -2.03. The van der Waals surface area contributed by atoms with E-state index in [0.29, 0.717) is 0 Å². The Morgan fingerprint density at radius 1 is 1.26 bits per heavy atom. The molecule has 2 rings (SSSR count). The molecule has 0 aliphatic carbocycles. The average molecular weight is 255 g/mol. The number of hydrogen-bond donors (Lipinski definition) is 1. The molecule has 1 aromatic carbocycles. The van der Waals surface area contributed by atoms with Crippen molar-refractivity contribution >= 4 is 11.4 Å². The van der Waals surface area contributed by atoms with Crippen LogP contribution < -0.4 is 5.32 Å². The van der Waals surface area contributed by atoms with Gasteiger partial charge in [0.2, 0.25) is 0 Å². The highest BCUT2D eigenvalue weighted by Gasteiger charge is 2.12. The fourth-order valence-corrected chi connectivity index (χ4v) is 2.27. The van der Waals surface area contributed by atoms with Crippen molar-refractivity contribution in [1.29, 1.82) is 0 Å². The molecule has 2 aromatic rings. The second-order valence-electron chi connectivity index (χ2n) is 4.98. The van der Waals surface area contributed by atoms with Crippen molar-refractivity contribution in [2.45, 2.75) is 27.7 Å². The largest absolute Gasteiger partial charge is 0.370 e. The summed E-state index contributed by atoms with van der Waals surface area (Å²) in [7, 11) is 0. The number of allylic oxidation sites excluding steroid dienone is 1. The molecule has 1 aromatic heterocycles. The van der Waals surface area contributed by atoms with Crippen LogP contribution in [0.25, 0.3) is 11.3 Å². The lowest BCUT2D eigenvalue weighted by atomic mass is 10.1. The van der Waals surface area contributed by atoms with E-state index >= 15 is 0 Å². The number of benzene rings is 1. The van der Waals surface area contributed by atoms with Crippen LogP contribution in [0, 0.1) is 13.8 Å². The maximum atomic E-state index is 4.50. The van der Waals surface area contributed by atoms with E-state index < -0.39 is 0 Å². The van der Waals surface area contributed by atoms with Crippen molar-refractivity contribution in [2.24, 2.45) is 0 Å². The van der Waals surface area contributed by atoms with E-state index in [9.17, 15) is 0 Å². The van der Waals surface area contributed by atoms with Gasteiger partial charge >= 0.3 is 0 Å². The van der Waals surface area contributed by atoms with Crippen LogP contribution in [0.2, 0.25) is 0 Å². The summed E-state index contributed by atoms with van der Waals surface area (Å²) < 4.78 is 1.95. The topological polar surface area (TPSA) is 29.9 Å². The molecule has 0 spiro atoms. The summed E-state index contributed by atoms with van der Waals surface area (Å²) in [5.74, 6) is 1.01. The first-order valence-electron chi connectivity index (χ1n) is 6.59. The summed E-state index contributed by atoms with van der Waals surface area (Å²) in [6.07, 6.45) is 1.87. The Labute approximate surface area is 115 Å². The average Bonchev–Trinajstić information content (AvgIpc) is 2.72. The minimum absolute atomic E-state index is 0.858. The van der Waals surface area contributed by atoms with E-state index in [4.69, 9.17) is 0 Å². The summed E-state index contributed by atoms with van der Waals surface area (Å²) in [6.45, 7) is 13.2. The van der Waals surface area contributed by atoms with Gasteiger partial charge in [-0.2, -0.15) is 5.10 Å². The van der Waals surface area contributed by atoms with E-state index in [1.54, 1.807) is 0 Å². The molecular weight excluding hydrogens is 234 g/mol. The molecule has 100 valence electrons. The van der Waals surface area contributed by atoms with Gasteiger partial charge in [0.1, 0.15) is 5.82 Å². The summed E-state index contributed by atoms with van der Waals surface area (Å²) in [5.41, 5.74) is 5.66. The number of hydrogen-bond acceptors (Lipinski definition) is 2. The maximum Gasteiger partial charge on any atom is 0.137 e. The molecule has 3 nitrogen and oxygen atoms in total. The summed E-state index contributed by atoms with van der Waals surface area (Å²) in [6, 6.07) is 6.45. The first-order chi connectivity index (χ1) is 9.02. The zero-order valence-corrected chi connectivity index (χ0v) is 12.1. The number of rotatable bonds is 4. The van der Waals surface area contributed by atoms with Gasteiger partial charge in [0, 0.05) is 12.1 Å². The first-order valence-corrected chi connectivity index (χ1v) is 6.59. The molecule has 1 heterocycles. The molecule has 3 heteroatoms. The number of aryl methyl sites for hydroxylation is 2. The zero-order valence-electron chi connectivity index (χ0n) is 12.1. The van der Waals surface area contributed by atoms with Crippen LogP contribution in [0.5, 0.6) is 0 Å². The minimum atomic E-state index is 0.858. The van der Waals surface area contributed by atoms with Crippen LogP contribution in [0.1, 0.15) is 30.5 Å². The van der Waals surface area contributed by atoms with E-state index in [1.807, 2.05) is 17.8 Å². The predicted octanol–water partition coefficient (Wildman–Crippen LogP) is 3.95. The van der Waals surface area contributed by atoms with Gasteiger partial charge in [0.25, 0.3) is 0 Å². The van der Waals surface area contributed by atoms with Crippen molar-refractivity contribution in [1.82, 2.24) is 9.78 Å². The lowest BCUT2D eigenvalue weighted by Gasteiger charge is -2.12. The van der Waals surface area contributed by atoms with Crippen molar-refractivity contribution in [3.8, 4) is 5.69 Å². The highest BCUT2D eigenvalue weighted by Crippen LogP contribution is 2.26. The third-order valence-electron chi connectivity index (χ3n) is 3.02. The van der Waals surface area contributed by atoms with Gasteiger partial charge in [0.15, 0.2) is 0 Å². The number of nitrogens with zero attached hydrogens (tertiary/aromatic N) is 2. The third-order valence-corrected chi connectivity index (χ3v) is 3.02. The van der Waals surface area contributed by atoms with Crippen LogP contribution in [0.3, 0.4) is 0 Å². The van der Waals surface area contributed by atoms with Crippen molar-refractivity contribution in [3.05, 3.63) is 47.7 Å². The van der Waals surface area contributed by atoms with E-state index in [-0.39, 0.29) is 0 Å². The minimum Gasteiger partial charge on any atom is -0.370 e. The van der Waals surface area contributed by atoms with Gasteiger partial charge in [-0.15, -0.1) is 0 Å². The van der Waals surface area contributed by atoms with Crippen LogP contribution in [0.15, 0.2) is 31.0 Å². The van der Waals surface area contributed by atoms with Crippen molar-refractivity contribution in [2.75, 3.05) is 11.9 Å². The van der Waals surface area contributed by atoms with Gasteiger partial charge in [0.05, 0.1) is 11.9 Å². The van der Waals surface area contributed by atoms with Crippen LogP contribution in [-0.2, 0) is 0 Å². The van der Waals surface area contributed by atoms with Crippen LogP contribution >= 0.6 is 0 Å². The highest BCUT2D eigenvalue weighted by atomic mass is 15.3.